The van der Waals surface area contributed by atoms with Crippen molar-refractivity contribution in [3.8, 4) is 6.07 Å². The standard InChI is InChI=1S/C14H13F3N2O3/c1-8(7-18)6-11(13(21)22)19-12(20)9-2-4-10(5-3-9)14(15,16)17/h2-5,8,11H,6H2,1H3,(H,19,20)(H,21,22)/t8-,11+/m1/s1. The molecule has 0 bridgehead atoms. The number of nitriles is 1. The summed E-state index contributed by atoms with van der Waals surface area (Å²) in [6.45, 7) is 1.50. The Labute approximate surface area is 124 Å². The van der Waals surface area contributed by atoms with E-state index in [1.807, 2.05) is 6.07 Å². The maximum Gasteiger partial charge on any atom is 0.416 e. The third-order valence-electron chi connectivity index (χ3n) is 2.89. The molecule has 0 aliphatic heterocycles. The summed E-state index contributed by atoms with van der Waals surface area (Å²) in [7, 11) is 0. The molecule has 8 heteroatoms. The predicted octanol–water partition coefficient (Wildman–Crippen LogP) is 2.44. The molecule has 0 heterocycles. The van der Waals surface area contributed by atoms with Crippen molar-refractivity contribution >= 4 is 11.9 Å². The van der Waals surface area contributed by atoms with E-state index in [4.69, 9.17) is 10.4 Å². The number of benzene rings is 1. The van der Waals surface area contributed by atoms with Crippen molar-refractivity contribution in [2.24, 2.45) is 5.92 Å². The predicted molar refractivity (Wildman–Crippen MR) is 69.7 cm³/mol. The number of alkyl halides is 3. The number of hydrogen-bond donors (Lipinski definition) is 2. The van der Waals surface area contributed by atoms with Crippen molar-refractivity contribution in [1.29, 1.82) is 5.26 Å². The van der Waals surface area contributed by atoms with Gasteiger partial charge in [-0.3, -0.25) is 4.79 Å². The van der Waals surface area contributed by atoms with E-state index in [0.29, 0.717) is 0 Å². The van der Waals surface area contributed by atoms with Gasteiger partial charge in [0.15, 0.2) is 0 Å². The van der Waals surface area contributed by atoms with Gasteiger partial charge in [0.25, 0.3) is 5.91 Å². The SMILES string of the molecule is C[C@@H](C#N)C[C@H](NC(=O)c1ccc(C(F)(F)F)cc1)C(=O)O. The van der Waals surface area contributed by atoms with Gasteiger partial charge in [0.1, 0.15) is 6.04 Å². The van der Waals surface area contributed by atoms with Gasteiger partial charge < -0.3 is 10.4 Å². The first kappa shape index (κ1) is 17.5. The van der Waals surface area contributed by atoms with Crippen molar-refractivity contribution < 1.29 is 27.9 Å². The number of rotatable bonds is 5. The van der Waals surface area contributed by atoms with Crippen molar-refractivity contribution in [2.45, 2.75) is 25.6 Å². The lowest BCUT2D eigenvalue weighted by Gasteiger charge is -2.15. The quantitative estimate of drug-likeness (QED) is 0.873. The number of amides is 1. The molecule has 0 aliphatic carbocycles. The minimum Gasteiger partial charge on any atom is -0.480 e. The van der Waals surface area contributed by atoms with Crippen LogP contribution >= 0.6 is 0 Å². The molecule has 0 spiro atoms. The van der Waals surface area contributed by atoms with Crippen LogP contribution in [-0.4, -0.2) is 23.0 Å². The fourth-order valence-corrected chi connectivity index (χ4v) is 1.68. The monoisotopic (exact) mass is 314 g/mol. The van der Waals surface area contributed by atoms with Gasteiger partial charge in [-0.1, -0.05) is 0 Å². The molecule has 2 N–H and O–H groups in total. The van der Waals surface area contributed by atoms with Crippen LogP contribution in [0.3, 0.4) is 0 Å². The van der Waals surface area contributed by atoms with Gasteiger partial charge in [-0.05, 0) is 37.6 Å². The van der Waals surface area contributed by atoms with Gasteiger partial charge in [0, 0.05) is 11.5 Å². The Bertz CT molecular complexity index is 591. The fraction of sp³-hybridized carbons (Fsp3) is 0.357. The number of carbonyl (C=O) groups is 2. The maximum absolute atomic E-state index is 12.4. The van der Waals surface area contributed by atoms with E-state index in [1.165, 1.54) is 6.92 Å². The summed E-state index contributed by atoms with van der Waals surface area (Å²) in [5.74, 6) is -2.72. The zero-order valence-corrected chi connectivity index (χ0v) is 11.5. The summed E-state index contributed by atoms with van der Waals surface area (Å²) in [6.07, 6.45) is -4.61. The molecule has 1 aromatic carbocycles. The fourth-order valence-electron chi connectivity index (χ4n) is 1.68. The van der Waals surface area contributed by atoms with Gasteiger partial charge in [-0.15, -0.1) is 0 Å². The zero-order chi connectivity index (χ0) is 16.9. The first-order chi connectivity index (χ1) is 10.1. The van der Waals surface area contributed by atoms with E-state index in [1.54, 1.807) is 0 Å². The number of nitrogens with zero attached hydrogens (tertiary/aromatic N) is 1. The Hall–Kier alpha value is -2.56. The number of halogens is 3. The van der Waals surface area contributed by atoms with Crippen LogP contribution in [0, 0.1) is 17.2 Å². The molecular formula is C14H13F3N2O3. The average Bonchev–Trinajstić information content (AvgIpc) is 2.45. The number of carboxylic acid groups (broad SMARTS) is 1. The van der Waals surface area contributed by atoms with E-state index in [9.17, 15) is 22.8 Å². The highest BCUT2D eigenvalue weighted by Gasteiger charge is 2.30. The highest BCUT2D eigenvalue weighted by atomic mass is 19.4. The lowest BCUT2D eigenvalue weighted by atomic mass is 10.0. The summed E-state index contributed by atoms with van der Waals surface area (Å²) >= 11 is 0. The Morgan fingerprint density at radius 1 is 1.32 bits per heavy atom. The van der Waals surface area contributed by atoms with E-state index in [-0.39, 0.29) is 12.0 Å². The number of aliphatic carboxylic acids is 1. The van der Waals surface area contributed by atoms with Crippen LogP contribution in [-0.2, 0) is 11.0 Å². The highest BCUT2D eigenvalue weighted by Crippen LogP contribution is 2.29. The molecule has 2 atom stereocenters. The molecular weight excluding hydrogens is 301 g/mol. The number of nitrogens with one attached hydrogen (secondary N) is 1. The van der Waals surface area contributed by atoms with Crippen LogP contribution in [0.2, 0.25) is 0 Å². The molecule has 1 aromatic rings. The molecule has 0 aromatic heterocycles. The van der Waals surface area contributed by atoms with Crippen LogP contribution in [0.5, 0.6) is 0 Å². The summed E-state index contributed by atoms with van der Waals surface area (Å²) in [4.78, 5) is 22.9. The van der Waals surface area contributed by atoms with E-state index >= 15 is 0 Å². The molecule has 1 rings (SSSR count). The molecule has 1 amide bonds. The third-order valence-corrected chi connectivity index (χ3v) is 2.89. The normalized spacial score (nSPS) is 13.8. The Kier molecular flexibility index (Phi) is 5.51. The first-order valence-electron chi connectivity index (χ1n) is 6.25. The van der Waals surface area contributed by atoms with Crippen LogP contribution in [0.15, 0.2) is 24.3 Å². The molecule has 0 radical (unpaired) electrons. The van der Waals surface area contributed by atoms with Crippen LogP contribution in [0.1, 0.15) is 29.3 Å². The lowest BCUT2D eigenvalue weighted by Crippen LogP contribution is -2.41. The second kappa shape index (κ2) is 6.93. The van der Waals surface area contributed by atoms with Gasteiger partial charge in [-0.2, -0.15) is 18.4 Å². The Balaban J connectivity index is 2.82. The van der Waals surface area contributed by atoms with Gasteiger partial charge >= 0.3 is 12.1 Å². The Morgan fingerprint density at radius 3 is 2.27 bits per heavy atom. The number of hydrogen-bond acceptors (Lipinski definition) is 3. The summed E-state index contributed by atoms with van der Waals surface area (Å²) in [6, 6.07) is 3.96. The van der Waals surface area contributed by atoms with E-state index in [2.05, 4.69) is 5.32 Å². The van der Waals surface area contributed by atoms with E-state index in [0.717, 1.165) is 24.3 Å². The second-order valence-electron chi connectivity index (χ2n) is 4.71. The van der Waals surface area contributed by atoms with Gasteiger partial charge in [0.2, 0.25) is 0 Å². The molecule has 5 nitrogen and oxygen atoms in total. The first-order valence-corrected chi connectivity index (χ1v) is 6.25. The van der Waals surface area contributed by atoms with Crippen LogP contribution in [0.4, 0.5) is 13.2 Å². The summed E-state index contributed by atoms with van der Waals surface area (Å²) in [5, 5.41) is 19.8. The second-order valence-corrected chi connectivity index (χ2v) is 4.71. The van der Waals surface area contributed by atoms with Crippen molar-refractivity contribution in [3.05, 3.63) is 35.4 Å². The summed E-state index contributed by atoms with van der Waals surface area (Å²) < 4.78 is 37.2. The van der Waals surface area contributed by atoms with Gasteiger partial charge in [-0.25, -0.2) is 4.79 Å². The van der Waals surface area contributed by atoms with E-state index < -0.39 is 35.6 Å². The number of carboxylic acids is 1. The Morgan fingerprint density at radius 2 is 1.86 bits per heavy atom. The molecule has 0 aliphatic rings. The van der Waals surface area contributed by atoms with Gasteiger partial charge in [0.05, 0.1) is 11.6 Å². The van der Waals surface area contributed by atoms with Crippen molar-refractivity contribution in [3.63, 3.8) is 0 Å². The van der Waals surface area contributed by atoms with Crippen molar-refractivity contribution in [1.82, 2.24) is 5.32 Å². The minimum atomic E-state index is -4.51. The van der Waals surface area contributed by atoms with Crippen molar-refractivity contribution in [2.75, 3.05) is 0 Å². The molecule has 118 valence electrons. The minimum absolute atomic E-state index is 0.0936. The molecule has 0 unspecified atom stereocenters. The smallest absolute Gasteiger partial charge is 0.416 e. The molecule has 0 saturated carbocycles. The highest BCUT2D eigenvalue weighted by molar-refractivity contribution is 5.96. The topological polar surface area (TPSA) is 90.2 Å². The number of carbonyl (C=O) groups excluding carboxylic acids is 1. The molecule has 22 heavy (non-hydrogen) atoms. The lowest BCUT2D eigenvalue weighted by molar-refractivity contribution is -0.139. The zero-order valence-electron chi connectivity index (χ0n) is 11.5. The average molecular weight is 314 g/mol. The van der Waals surface area contributed by atoms with Crippen LogP contribution < -0.4 is 5.32 Å². The molecule has 0 saturated heterocycles. The maximum atomic E-state index is 12.4. The third kappa shape index (κ3) is 4.77. The summed E-state index contributed by atoms with van der Waals surface area (Å²) in [5.41, 5.74) is -0.999. The largest absolute Gasteiger partial charge is 0.480 e. The molecule has 0 fully saturated rings. The van der Waals surface area contributed by atoms with Crippen LogP contribution in [0.25, 0.3) is 0 Å².